The third-order valence-corrected chi connectivity index (χ3v) is 13.5. The Morgan fingerprint density at radius 2 is 1.40 bits per heavy atom. The number of aliphatic hydroxyl groups excluding tert-OH is 2. The minimum atomic E-state index is -2.39. The fraction of sp³-hybridized carbons (Fsp3) is 0.447. The van der Waals surface area contributed by atoms with Gasteiger partial charge in [-0.2, -0.15) is 0 Å². The van der Waals surface area contributed by atoms with Crippen molar-refractivity contribution in [3.63, 3.8) is 0 Å². The Labute approximate surface area is 358 Å². The van der Waals surface area contributed by atoms with Crippen LogP contribution in [0.1, 0.15) is 86.7 Å². The number of amides is 1. The molecule has 0 spiro atoms. The van der Waals surface area contributed by atoms with Crippen LogP contribution in [0.4, 0.5) is 0 Å². The molecule has 62 heavy (non-hydrogen) atoms. The predicted molar refractivity (Wildman–Crippen MR) is 218 cm³/mol. The van der Waals surface area contributed by atoms with Gasteiger partial charge in [-0.1, -0.05) is 80.6 Å². The first-order valence-electron chi connectivity index (χ1n) is 20.5. The number of nitrogens with one attached hydrogen (secondary N) is 1. The minimum Gasteiger partial charge on any atom is -0.456 e. The summed E-state index contributed by atoms with van der Waals surface area (Å²) in [6.07, 6.45) is -10.5. The van der Waals surface area contributed by atoms with E-state index >= 15 is 4.79 Å². The number of benzene rings is 3. The van der Waals surface area contributed by atoms with Gasteiger partial charge >= 0.3 is 23.9 Å². The van der Waals surface area contributed by atoms with Crippen LogP contribution in [0.3, 0.4) is 0 Å². The molecule has 1 saturated heterocycles. The molecule has 1 heterocycles. The Hall–Kier alpha value is -5.74. The Kier molecular flexibility index (Phi) is 11.8. The number of hydrogen-bond donors (Lipinski definition) is 4. The van der Waals surface area contributed by atoms with E-state index in [-0.39, 0.29) is 35.3 Å². The third kappa shape index (κ3) is 7.29. The van der Waals surface area contributed by atoms with Crippen LogP contribution in [0.25, 0.3) is 0 Å². The second kappa shape index (κ2) is 16.5. The second-order valence-electron chi connectivity index (χ2n) is 17.4. The Balaban J connectivity index is 1.39. The number of carbonyl (C=O) groups excluding carboxylic acids is 6. The van der Waals surface area contributed by atoms with E-state index in [9.17, 15) is 39.3 Å². The van der Waals surface area contributed by atoms with Crippen molar-refractivity contribution in [3.05, 3.63) is 119 Å². The van der Waals surface area contributed by atoms with Gasteiger partial charge in [0.2, 0.25) is 0 Å². The topological polar surface area (TPSA) is 221 Å². The maximum atomic E-state index is 15.5. The standard InChI is InChI=1S/C47H51NO14/c1-25-31(60-43(56)36(52)35(28-16-10-7-11-17-28)48-41(54)29-18-12-8-13-19-29)23-47(57)40(61-42(55)30-20-14-9-15-21-30)38-45(6,32(51)22-33-46(38,24-58-33)62-27(3)50)39(53)37(59-26(2)49)34(25)44(47,4)5/h7-21,31-33,35-38,40,51-52,57H,22-24H2,1-6H3,(H,48,54)/t31-,32-,33+,35+,36-,37+,38-,40-,45+,46-,47+/m0/s1. The van der Waals surface area contributed by atoms with Crippen molar-refractivity contribution in [1.82, 2.24) is 5.32 Å². The summed E-state index contributed by atoms with van der Waals surface area (Å²) >= 11 is 0. The second-order valence-corrected chi connectivity index (χ2v) is 17.4. The summed E-state index contributed by atoms with van der Waals surface area (Å²) in [6, 6.07) is 22.9. The normalized spacial score (nSPS) is 31.9. The average Bonchev–Trinajstić information content (AvgIpc) is 3.24. The van der Waals surface area contributed by atoms with Gasteiger partial charge < -0.3 is 44.3 Å². The maximum absolute atomic E-state index is 15.5. The molecule has 0 radical (unpaired) electrons. The quantitative estimate of drug-likeness (QED) is 0.130. The van der Waals surface area contributed by atoms with Gasteiger partial charge in [0.25, 0.3) is 5.91 Å². The van der Waals surface area contributed by atoms with E-state index in [4.69, 9.17) is 23.7 Å². The first-order valence-corrected chi connectivity index (χ1v) is 20.5. The van der Waals surface area contributed by atoms with E-state index in [2.05, 4.69) is 5.32 Å². The van der Waals surface area contributed by atoms with Crippen LogP contribution in [0, 0.1) is 16.7 Å². The number of rotatable bonds is 10. The summed E-state index contributed by atoms with van der Waals surface area (Å²) in [5.74, 6) is -6.84. The molecule has 3 aliphatic carbocycles. The Morgan fingerprint density at radius 3 is 1.95 bits per heavy atom. The van der Waals surface area contributed by atoms with Crippen molar-refractivity contribution < 1.29 is 67.8 Å². The number of hydrogen-bond acceptors (Lipinski definition) is 14. The van der Waals surface area contributed by atoms with Crippen molar-refractivity contribution in [2.75, 3.05) is 6.61 Å². The molecule has 1 amide bonds. The molecule has 15 heteroatoms. The van der Waals surface area contributed by atoms with Gasteiger partial charge in [-0.15, -0.1) is 0 Å². The van der Waals surface area contributed by atoms with Crippen LogP contribution >= 0.6 is 0 Å². The highest BCUT2D eigenvalue weighted by Gasteiger charge is 2.78. The lowest BCUT2D eigenvalue weighted by molar-refractivity contribution is -0.346. The average molecular weight is 854 g/mol. The molecule has 11 atom stereocenters. The first kappa shape index (κ1) is 44.3. The number of Topliss-reactive ketones (excluding diaryl/α,β-unsaturated/α-hetero) is 1. The van der Waals surface area contributed by atoms with Crippen LogP contribution in [-0.2, 0) is 42.9 Å². The van der Waals surface area contributed by atoms with E-state index in [1.807, 2.05) is 0 Å². The molecule has 4 N–H and O–H groups in total. The maximum Gasteiger partial charge on any atom is 0.338 e. The number of aliphatic hydroxyl groups is 3. The Morgan fingerprint density at radius 1 is 0.823 bits per heavy atom. The summed E-state index contributed by atoms with van der Waals surface area (Å²) in [5.41, 5.74) is -7.02. The summed E-state index contributed by atoms with van der Waals surface area (Å²) in [5, 5.41) is 40.2. The molecular formula is C47H51NO14. The summed E-state index contributed by atoms with van der Waals surface area (Å²) in [7, 11) is 0. The largest absolute Gasteiger partial charge is 0.456 e. The van der Waals surface area contributed by atoms with Crippen LogP contribution < -0.4 is 5.32 Å². The fourth-order valence-corrected chi connectivity index (χ4v) is 10.2. The lowest BCUT2D eigenvalue weighted by Gasteiger charge is -2.67. The molecule has 15 nitrogen and oxygen atoms in total. The SMILES string of the molecule is CC(=O)O[C@H]1C(=O)[C@@]2(C)[C@H]([C@H](OC(=O)c3ccccc3)[C@]3(O)C[C@H](OC(=O)[C@@H](O)[C@H](NC(=O)c4ccccc4)c4ccccc4)C(C)=C1C3(C)C)[C@]1(OC(C)=O)CO[C@@H]1C[C@@H]2O. The lowest BCUT2D eigenvalue weighted by atomic mass is 9.44. The van der Waals surface area contributed by atoms with Crippen LogP contribution in [0.5, 0.6) is 0 Å². The molecule has 3 aromatic carbocycles. The van der Waals surface area contributed by atoms with Crippen LogP contribution in [0.15, 0.2) is 102 Å². The van der Waals surface area contributed by atoms with Crippen molar-refractivity contribution in [2.24, 2.45) is 16.7 Å². The molecule has 7 rings (SSSR count). The monoisotopic (exact) mass is 853 g/mol. The predicted octanol–water partition coefficient (Wildman–Crippen LogP) is 3.74. The van der Waals surface area contributed by atoms with Crippen molar-refractivity contribution in [2.45, 2.75) is 108 Å². The highest BCUT2D eigenvalue weighted by atomic mass is 16.6. The zero-order valence-corrected chi connectivity index (χ0v) is 35.2. The number of esters is 4. The van der Waals surface area contributed by atoms with E-state index < -0.39 is 113 Å². The molecule has 0 unspecified atom stereocenters. The number of ketones is 1. The van der Waals surface area contributed by atoms with Gasteiger partial charge in [-0.25, -0.2) is 9.59 Å². The lowest BCUT2D eigenvalue weighted by Crippen LogP contribution is -2.82. The van der Waals surface area contributed by atoms with Gasteiger partial charge in [-0.3, -0.25) is 19.2 Å². The number of carbonyl (C=O) groups is 6. The van der Waals surface area contributed by atoms with Gasteiger partial charge in [0, 0.05) is 37.7 Å². The number of fused-ring (bicyclic) bond motifs is 5. The molecule has 2 saturated carbocycles. The van der Waals surface area contributed by atoms with Gasteiger partial charge in [0.1, 0.15) is 23.9 Å². The molecule has 3 fully saturated rings. The van der Waals surface area contributed by atoms with E-state index in [1.165, 1.54) is 26.0 Å². The molecule has 328 valence electrons. The zero-order valence-electron chi connectivity index (χ0n) is 35.2. The van der Waals surface area contributed by atoms with Crippen molar-refractivity contribution >= 4 is 35.6 Å². The highest BCUT2D eigenvalue weighted by Crippen LogP contribution is 2.64. The molecular weight excluding hydrogens is 803 g/mol. The molecule has 0 aromatic heterocycles. The fourth-order valence-electron chi connectivity index (χ4n) is 10.2. The Bertz CT molecular complexity index is 2280. The number of ether oxygens (including phenoxy) is 5. The summed E-state index contributed by atoms with van der Waals surface area (Å²) in [4.78, 5) is 83.5. The smallest absolute Gasteiger partial charge is 0.338 e. The zero-order chi connectivity index (χ0) is 44.9. The van der Waals surface area contributed by atoms with Crippen LogP contribution in [-0.4, -0.2) is 105 Å². The minimum absolute atomic E-state index is 0.00289. The van der Waals surface area contributed by atoms with Crippen molar-refractivity contribution in [1.29, 1.82) is 0 Å². The molecule has 2 bridgehead atoms. The summed E-state index contributed by atoms with van der Waals surface area (Å²) in [6.45, 7) is 7.97. The molecule has 4 aliphatic rings. The van der Waals surface area contributed by atoms with Crippen LogP contribution in [0.2, 0.25) is 0 Å². The van der Waals surface area contributed by atoms with E-state index in [0.29, 0.717) is 5.56 Å². The van der Waals surface area contributed by atoms with Gasteiger partial charge in [0.05, 0.1) is 35.6 Å². The van der Waals surface area contributed by atoms with E-state index in [0.717, 1.165) is 13.8 Å². The first-order chi connectivity index (χ1) is 29.3. The van der Waals surface area contributed by atoms with Gasteiger partial charge in [-0.05, 0) is 54.8 Å². The highest BCUT2D eigenvalue weighted by molar-refractivity contribution is 5.96. The van der Waals surface area contributed by atoms with Crippen molar-refractivity contribution in [3.8, 4) is 0 Å². The molecule has 3 aromatic rings. The van der Waals surface area contributed by atoms with Gasteiger partial charge in [0.15, 0.2) is 23.6 Å². The molecule has 1 aliphatic heterocycles. The van der Waals surface area contributed by atoms with E-state index in [1.54, 1.807) is 92.7 Å². The summed E-state index contributed by atoms with van der Waals surface area (Å²) < 4.78 is 30.3. The third-order valence-electron chi connectivity index (χ3n) is 13.5.